The quantitative estimate of drug-likeness (QED) is 0.257. The summed E-state index contributed by atoms with van der Waals surface area (Å²) < 4.78 is 0. The van der Waals surface area contributed by atoms with E-state index < -0.39 is 0 Å². The van der Waals surface area contributed by atoms with Gasteiger partial charge in [0.15, 0.2) is 0 Å². The summed E-state index contributed by atoms with van der Waals surface area (Å²) in [7, 11) is 0. The summed E-state index contributed by atoms with van der Waals surface area (Å²) in [5, 5.41) is 3.69. The third-order valence-corrected chi connectivity index (χ3v) is 6.27. The van der Waals surface area contributed by atoms with Crippen LogP contribution in [0, 0.1) is 0 Å². The fourth-order valence-corrected chi connectivity index (χ4v) is 4.44. The molecule has 0 aliphatic heterocycles. The van der Waals surface area contributed by atoms with Gasteiger partial charge in [-0.25, -0.2) is 0 Å². The first-order chi connectivity index (χ1) is 14.8. The molecule has 0 aliphatic carbocycles. The van der Waals surface area contributed by atoms with E-state index in [-0.39, 0.29) is 0 Å². The lowest BCUT2D eigenvalue weighted by molar-refractivity contribution is 0.487. The second kappa shape index (κ2) is 16.0. The molecule has 0 saturated carbocycles. The van der Waals surface area contributed by atoms with Crippen LogP contribution in [0.3, 0.4) is 0 Å². The van der Waals surface area contributed by atoms with Crippen molar-refractivity contribution in [3.63, 3.8) is 0 Å². The number of anilines is 2. The molecule has 2 aromatic rings. The van der Waals surface area contributed by atoms with Gasteiger partial charge in [0.25, 0.3) is 0 Å². The molecule has 0 amide bonds. The lowest BCUT2D eigenvalue weighted by atomic mass is 9.87. The zero-order valence-electron chi connectivity index (χ0n) is 19.7. The van der Waals surface area contributed by atoms with E-state index in [0.717, 1.165) is 0 Å². The lowest BCUT2D eigenvalue weighted by Gasteiger charge is -2.22. The molecule has 2 rings (SSSR count). The molecule has 0 fully saturated rings. The maximum atomic E-state index is 3.69. The Kier molecular flexibility index (Phi) is 13.1. The molecular weight excluding hydrogens is 362 g/mol. The van der Waals surface area contributed by atoms with Crippen LogP contribution >= 0.6 is 0 Å². The number of para-hydroxylation sites is 2. The zero-order valence-corrected chi connectivity index (χ0v) is 19.7. The van der Waals surface area contributed by atoms with Crippen molar-refractivity contribution in [2.75, 3.05) is 5.32 Å². The van der Waals surface area contributed by atoms with E-state index in [4.69, 9.17) is 0 Å². The second-order valence-corrected chi connectivity index (χ2v) is 8.89. The Morgan fingerprint density at radius 2 is 1.07 bits per heavy atom. The highest BCUT2D eigenvalue weighted by Crippen LogP contribution is 2.34. The summed E-state index contributed by atoms with van der Waals surface area (Å²) in [6.45, 7) is 4.60. The molecule has 0 atom stereocenters. The van der Waals surface area contributed by atoms with Crippen LogP contribution in [-0.2, 0) is 0 Å². The minimum atomic E-state index is 0.676. The number of rotatable bonds is 17. The fourth-order valence-electron chi connectivity index (χ4n) is 4.44. The van der Waals surface area contributed by atoms with Gasteiger partial charge in [-0.3, -0.25) is 0 Å². The normalized spacial score (nSPS) is 11.2. The predicted molar refractivity (Wildman–Crippen MR) is 135 cm³/mol. The Morgan fingerprint density at radius 1 is 0.567 bits per heavy atom. The summed E-state index contributed by atoms with van der Waals surface area (Å²) in [5.74, 6) is 0.676. The SMILES string of the molecule is CCCCCCCCC(CCCCCCCC)c1ccccc1Nc1ccccc1. The van der Waals surface area contributed by atoms with Crippen LogP contribution in [0.4, 0.5) is 11.4 Å². The Bertz CT molecular complexity index is 632. The molecular formula is C29H45N. The van der Waals surface area contributed by atoms with E-state index in [1.165, 1.54) is 107 Å². The minimum absolute atomic E-state index is 0.676. The molecule has 0 unspecified atom stereocenters. The highest BCUT2D eigenvalue weighted by atomic mass is 14.9. The van der Waals surface area contributed by atoms with Crippen molar-refractivity contribution >= 4 is 11.4 Å². The van der Waals surface area contributed by atoms with Crippen LogP contribution in [0.5, 0.6) is 0 Å². The largest absolute Gasteiger partial charge is 0.355 e. The predicted octanol–water partition coefficient (Wildman–Crippen LogP) is 10.0. The van der Waals surface area contributed by atoms with E-state index >= 15 is 0 Å². The molecule has 0 spiro atoms. The molecule has 1 heteroatoms. The third kappa shape index (κ3) is 9.83. The first kappa shape index (κ1) is 24.5. The van der Waals surface area contributed by atoms with E-state index in [9.17, 15) is 0 Å². The smallest absolute Gasteiger partial charge is 0.0419 e. The van der Waals surface area contributed by atoms with Crippen molar-refractivity contribution in [1.82, 2.24) is 0 Å². The highest BCUT2D eigenvalue weighted by Gasteiger charge is 2.15. The van der Waals surface area contributed by atoms with Crippen LogP contribution in [0.1, 0.15) is 115 Å². The summed E-state index contributed by atoms with van der Waals surface area (Å²) in [6.07, 6.45) is 19.2. The van der Waals surface area contributed by atoms with E-state index in [1.54, 1.807) is 0 Å². The van der Waals surface area contributed by atoms with Crippen molar-refractivity contribution in [2.45, 2.75) is 110 Å². The monoisotopic (exact) mass is 407 g/mol. The number of nitrogens with one attached hydrogen (secondary N) is 1. The molecule has 30 heavy (non-hydrogen) atoms. The van der Waals surface area contributed by atoms with E-state index in [2.05, 4.69) is 73.8 Å². The van der Waals surface area contributed by atoms with Crippen molar-refractivity contribution in [3.8, 4) is 0 Å². The molecule has 166 valence electrons. The standard InChI is InChI=1S/C29H45N/c1-3-5-7-9-11-14-20-26(21-15-12-10-8-6-4-2)28-24-18-19-25-29(28)30-27-22-16-13-17-23-27/h13,16-19,22-26,30H,3-12,14-15,20-21H2,1-2H3. The van der Waals surface area contributed by atoms with Crippen molar-refractivity contribution < 1.29 is 0 Å². The number of hydrogen-bond donors (Lipinski definition) is 1. The van der Waals surface area contributed by atoms with Gasteiger partial charge in [-0.2, -0.15) is 0 Å². The number of benzene rings is 2. The Hall–Kier alpha value is -1.76. The highest BCUT2D eigenvalue weighted by molar-refractivity contribution is 5.63. The van der Waals surface area contributed by atoms with Gasteiger partial charge in [0.2, 0.25) is 0 Å². The van der Waals surface area contributed by atoms with Gasteiger partial charge in [0, 0.05) is 11.4 Å². The fraction of sp³-hybridized carbons (Fsp3) is 0.586. The molecule has 1 N–H and O–H groups in total. The van der Waals surface area contributed by atoms with E-state index in [0.29, 0.717) is 5.92 Å². The minimum Gasteiger partial charge on any atom is -0.355 e. The van der Waals surface area contributed by atoms with Crippen LogP contribution in [0.2, 0.25) is 0 Å². The summed E-state index contributed by atoms with van der Waals surface area (Å²) in [5.41, 5.74) is 4.00. The van der Waals surface area contributed by atoms with Gasteiger partial charge >= 0.3 is 0 Å². The Balaban J connectivity index is 1.97. The Morgan fingerprint density at radius 3 is 1.67 bits per heavy atom. The molecule has 0 aliphatic rings. The van der Waals surface area contributed by atoms with Crippen LogP contribution in [0.25, 0.3) is 0 Å². The van der Waals surface area contributed by atoms with Crippen LogP contribution < -0.4 is 5.32 Å². The molecule has 0 saturated heterocycles. The van der Waals surface area contributed by atoms with Crippen molar-refractivity contribution in [3.05, 3.63) is 60.2 Å². The molecule has 0 bridgehead atoms. The van der Waals surface area contributed by atoms with Gasteiger partial charge < -0.3 is 5.32 Å². The van der Waals surface area contributed by atoms with Crippen molar-refractivity contribution in [2.24, 2.45) is 0 Å². The molecule has 0 radical (unpaired) electrons. The molecule has 1 nitrogen and oxygen atoms in total. The second-order valence-electron chi connectivity index (χ2n) is 8.89. The number of hydrogen-bond acceptors (Lipinski definition) is 1. The first-order valence-corrected chi connectivity index (χ1v) is 12.8. The van der Waals surface area contributed by atoms with Crippen LogP contribution in [-0.4, -0.2) is 0 Å². The van der Waals surface area contributed by atoms with Crippen LogP contribution in [0.15, 0.2) is 54.6 Å². The lowest BCUT2D eigenvalue weighted by Crippen LogP contribution is -2.04. The molecule has 2 aromatic carbocycles. The summed E-state index contributed by atoms with van der Waals surface area (Å²) in [4.78, 5) is 0. The topological polar surface area (TPSA) is 12.0 Å². The molecule has 0 aromatic heterocycles. The van der Waals surface area contributed by atoms with Gasteiger partial charge in [-0.05, 0) is 42.5 Å². The van der Waals surface area contributed by atoms with E-state index in [1.807, 2.05) is 0 Å². The first-order valence-electron chi connectivity index (χ1n) is 12.8. The van der Waals surface area contributed by atoms with Gasteiger partial charge in [-0.15, -0.1) is 0 Å². The van der Waals surface area contributed by atoms with Gasteiger partial charge in [-0.1, -0.05) is 127 Å². The maximum Gasteiger partial charge on any atom is 0.0419 e. The molecule has 0 heterocycles. The van der Waals surface area contributed by atoms with Gasteiger partial charge in [0.1, 0.15) is 0 Å². The number of unbranched alkanes of at least 4 members (excludes halogenated alkanes) is 10. The van der Waals surface area contributed by atoms with Crippen molar-refractivity contribution in [1.29, 1.82) is 0 Å². The maximum absolute atomic E-state index is 3.69. The average Bonchev–Trinajstić information content (AvgIpc) is 2.78. The summed E-state index contributed by atoms with van der Waals surface area (Å²) in [6, 6.07) is 19.6. The zero-order chi connectivity index (χ0) is 21.3. The average molecular weight is 408 g/mol. The van der Waals surface area contributed by atoms with Gasteiger partial charge in [0.05, 0.1) is 0 Å². The Labute approximate surface area is 186 Å². The summed E-state index contributed by atoms with van der Waals surface area (Å²) >= 11 is 0. The third-order valence-electron chi connectivity index (χ3n) is 6.27.